The van der Waals surface area contributed by atoms with Gasteiger partial charge in [-0.3, -0.25) is 14.6 Å². The topological polar surface area (TPSA) is 68.9 Å². The van der Waals surface area contributed by atoms with Gasteiger partial charge in [0, 0.05) is 36.1 Å². The summed E-state index contributed by atoms with van der Waals surface area (Å²) in [5.74, 6) is 1.21. The molecule has 2 aliphatic heterocycles. The summed E-state index contributed by atoms with van der Waals surface area (Å²) in [6, 6.07) is 15.8. The molecular formula is C38H33NO4. The molecule has 0 N–H and O–H groups in total. The fourth-order valence-corrected chi connectivity index (χ4v) is 7.83. The Morgan fingerprint density at radius 1 is 1.00 bits per heavy atom. The highest BCUT2D eigenvalue weighted by Gasteiger charge is 2.71. The number of carbonyl (C=O) groups excluding carboxylic acids is 1. The average Bonchev–Trinajstić information content (AvgIpc) is 3.72. The minimum absolute atomic E-state index is 0.0147. The first-order valence-corrected chi connectivity index (χ1v) is 15.3. The first-order valence-electron chi connectivity index (χ1n) is 15.3. The van der Waals surface area contributed by atoms with Crippen LogP contribution in [0.2, 0.25) is 0 Å². The largest absolute Gasteiger partial charge is 0.488 e. The summed E-state index contributed by atoms with van der Waals surface area (Å²) in [6.07, 6.45) is 17.8. The van der Waals surface area contributed by atoms with E-state index in [2.05, 4.69) is 37.0 Å². The first kappa shape index (κ1) is 26.1. The molecule has 6 atom stereocenters. The normalized spacial score (nSPS) is 30.0. The molecule has 0 amide bonds. The van der Waals surface area contributed by atoms with E-state index in [1.165, 1.54) is 5.57 Å². The van der Waals surface area contributed by atoms with Crippen molar-refractivity contribution in [3.8, 4) is 0 Å². The highest BCUT2D eigenvalue weighted by molar-refractivity contribution is 6.03. The molecule has 3 heterocycles. The Balaban J connectivity index is 1.35. The molecule has 3 aliphatic carbocycles. The van der Waals surface area contributed by atoms with Crippen molar-refractivity contribution in [3.63, 3.8) is 0 Å². The molecule has 0 radical (unpaired) electrons. The molecule has 1 fully saturated rings. The number of para-hydroxylation sites is 1. The number of ether oxygens (including phenoxy) is 1. The Morgan fingerprint density at radius 3 is 2.67 bits per heavy atom. The molecule has 43 heavy (non-hydrogen) atoms. The Bertz CT molecular complexity index is 1930. The molecule has 5 aliphatic rings. The van der Waals surface area contributed by atoms with Crippen LogP contribution in [0.3, 0.4) is 0 Å². The third-order valence-electron chi connectivity index (χ3n) is 10.1. The Hall–Kier alpha value is -4.51. The maximum Gasteiger partial charge on any atom is 0.197 e. The van der Waals surface area contributed by atoms with Crippen LogP contribution in [0, 0.1) is 30.6 Å². The van der Waals surface area contributed by atoms with Crippen LogP contribution in [0.4, 0.5) is 0 Å². The minimum atomic E-state index is -0.695. The van der Waals surface area contributed by atoms with E-state index in [1.54, 1.807) is 0 Å². The van der Waals surface area contributed by atoms with Crippen LogP contribution >= 0.6 is 0 Å². The molecular weight excluding hydrogens is 534 g/mol. The number of aryl methyl sites for hydroxylation is 1. The second-order valence-corrected chi connectivity index (χ2v) is 12.4. The van der Waals surface area contributed by atoms with Gasteiger partial charge in [-0.1, -0.05) is 73.7 Å². The van der Waals surface area contributed by atoms with Crippen molar-refractivity contribution in [1.82, 2.24) is 0 Å². The summed E-state index contributed by atoms with van der Waals surface area (Å²) in [7, 11) is 0. The van der Waals surface area contributed by atoms with Gasteiger partial charge in [-0.25, -0.2) is 0 Å². The van der Waals surface area contributed by atoms with Gasteiger partial charge in [0.15, 0.2) is 11.2 Å². The van der Waals surface area contributed by atoms with E-state index >= 15 is 0 Å². The lowest BCUT2D eigenvalue weighted by Gasteiger charge is -2.34. The van der Waals surface area contributed by atoms with E-state index in [-0.39, 0.29) is 35.1 Å². The van der Waals surface area contributed by atoms with Gasteiger partial charge in [0.25, 0.3) is 0 Å². The van der Waals surface area contributed by atoms with Gasteiger partial charge in [0.2, 0.25) is 0 Å². The summed E-state index contributed by atoms with van der Waals surface area (Å²) in [5.41, 5.74) is 4.64. The number of Topliss-reactive ketones (excluding diaryl/α,β-unsaturated/α-hetero) is 1. The zero-order valence-electron chi connectivity index (χ0n) is 24.3. The Kier molecular flexibility index (Phi) is 5.94. The molecule has 214 valence electrons. The smallest absolute Gasteiger partial charge is 0.197 e. The highest BCUT2D eigenvalue weighted by Crippen LogP contribution is 2.70. The molecule has 0 saturated heterocycles. The fourth-order valence-electron chi connectivity index (χ4n) is 7.83. The lowest BCUT2D eigenvalue weighted by atomic mass is 9.79. The molecule has 0 spiro atoms. The second-order valence-electron chi connectivity index (χ2n) is 12.4. The first-order chi connectivity index (χ1) is 21.0. The lowest BCUT2D eigenvalue weighted by molar-refractivity contribution is -0.122. The third-order valence-corrected chi connectivity index (χ3v) is 10.1. The molecule has 5 heteroatoms. The van der Waals surface area contributed by atoms with E-state index in [1.807, 2.05) is 79.2 Å². The summed E-state index contributed by atoms with van der Waals surface area (Å²) < 4.78 is 13.4. The zero-order valence-corrected chi connectivity index (χ0v) is 24.3. The van der Waals surface area contributed by atoms with Crippen molar-refractivity contribution < 1.29 is 13.9 Å². The molecule has 2 aromatic carbocycles. The minimum Gasteiger partial charge on any atom is -0.488 e. The van der Waals surface area contributed by atoms with Crippen molar-refractivity contribution in [2.75, 3.05) is 0 Å². The van der Waals surface area contributed by atoms with E-state index in [0.29, 0.717) is 46.0 Å². The quantitative estimate of drug-likeness (QED) is 0.330. The summed E-state index contributed by atoms with van der Waals surface area (Å²) >= 11 is 0. The van der Waals surface area contributed by atoms with Gasteiger partial charge in [0.1, 0.15) is 23.2 Å². The van der Waals surface area contributed by atoms with Gasteiger partial charge in [-0.2, -0.15) is 0 Å². The van der Waals surface area contributed by atoms with Crippen LogP contribution in [-0.2, 0) is 21.4 Å². The maximum absolute atomic E-state index is 14.7. The standard InChI is InChI=1S/C38H33NO4/c1-3-23-18-25(21-39-20-23)32-34-37-28(35(40)26-12-6-9-15-30(26)43-37)16-17-38(32,34)33-31(19-24-11-5-4-10-22(24)2)42-29-14-8-7-13-27(29)36(33)41/h4-17,20-21,23,26,30,32,34H,3,18-19H2,1-2H3. The molecule has 5 nitrogen and oxygen atoms in total. The predicted octanol–water partition coefficient (Wildman–Crippen LogP) is 7.09. The van der Waals surface area contributed by atoms with E-state index in [0.717, 1.165) is 24.0 Å². The highest BCUT2D eigenvalue weighted by atomic mass is 16.5. The molecule has 6 unspecified atom stereocenters. The number of carbonyl (C=O) groups is 1. The SMILES string of the molecule is CCC1C=NC=C(C2C3C4=C(C=CC23c2c(Cc3ccccc3C)oc3ccccc3c2=O)C(=O)C2C=CC=CC2O4)C1. The van der Waals surface area contributed by atoms with Crippen molar-refractivity contribution in [2.24, 2.45) is 28.7 Å². The number of allylic oxidation sites excluding steroid dienone is 7. The van der Waals surface area contributed by atoms with Gasteiger partial charge in [-0.15, -0.1) is 0 Å². The number of rotatable bonds is 5. The number of fused-ring (bicyclic) bond motifs is 4. The van der Waals surface area contributed by atoms with Gasteiger partial charge >= 0.3 is 0 Å². The van der Waals surface area contributed by atoms with Crippen LogP contribution in [0.5, 0.6) is 0 Å². The van der Waals surface area contributed by atoms with Gasteiger partial charge < -0.3 is 9.15 Å². The van der Waals surface area contributed by atoms with Gasteiger partial charge in [-0.05, 0) is 60.6 Å². The Labute approximate surface area is 250 Å². The summed E-state index contributed by atoms with van der Waals surface area (Å²) in [4.78, 5) is 33.1. The van der Waals surface area contributed by atoms with Crippen LogP contribution in [0.1, 0.15) is 42.2 Å². The van der Waals surface area contributed by atoms with Crippen molar-refractivity contribution in [2.45, 2.75) is 44.6 Å². The predicted molar refractivity (Wildman–Crippen MR) is 168 cm³/mol. The van der Waals surface area contributed by atoms with E-state index in [4.69, 9.17) is 9.15 Å². The maximum atomic E-state index is 14.7. The van der Waals surface area contributed by atoms with E-state index in [9.17, 15) is 9.59 Å². The van der Waals surface area contributed by atoms with E-state index < -0.39 is 5.41 Å². The third kappa shape index (κ3) is 3.87. The molecule has 0 bridgehead atoms. The Morgan fingerprint density at radius 2 is 1.81 bits per heavy atom. The number of aliphatic imine (C=N–C) groups is 1. The van der Waals surface area contributed by atoms with Crippen molar-refractivity contribution in [3.05, 3.63) is 141 Å². The van der Waals surface area contributed by atoms with Crippen LogP contribution in [0.25, 0.3) is 11.0 Å². The summed E-state index contributed by atoms with van der Waals surface area (Å²) in [6.45, 7) is 4.27. The van der Waals surface area contributed by atoms with Crippen molar-refractivity contribution >= 4 is 23.0 Å². The molecule has 1 aromatic heterocycles. The number of hydrogen-bond acceptors (Lipinski definition) is 5. The van der Waals surface area contributed by atoms with Crippen LogP contribution < -0.4 is 5.43 Å². The fraction of sp³-hybridized carbons (Fsp3) is 0.289. The molecule has 8 rings (SSSR count). The van der Waals surface area contributed by atoms with Gasteiger partial charge in [0.05, 0.1) is 22.4 Å². The number of hydrogen-bond donors (Lipinski definition) is 0. The summed E-state index contributed by atoms with van der Waals surface area (Å²) in [5, 5.41) is 0.570. The number of ketones is 1. The van der Waals surface area contributed by atoms with Crippen molar-refractivity contribution in [1.29, 1.82) is 0 Å². The second kappa shape index (κ2) is 9.77. The van der Waals surface area contributed by atoms with Crippen LogP contribution in [-0.4, -0.2) is 18.1 Å². The molecule has 3 aromatic rings. The monoisotopic (exact) mass is 567 g/mol. The average molecular weight is 568 g/mol. The lowest BCUT2D eigenvalue weighted by Crippen LogP contribution is -2.37. The zero-order chi connectivity index (χ0) is 29.3. The molecule has 1 saturated carbocycles. The van der Waals surface area contributed by atoms with Crippen LogP contribution in [0.15, 0.2) is 122 Å². The number of nitrogens with zero attached hydrogens (tertiary/aromatic N) is 1. The number of benzene rings is 2.